The normalized spacial score (nSPS) is 27.1. The zero-order valence-corrected chi connectivity index (χ0v) is 21.3. The minimum atomic E-state index is -4.29. The highest BCUT2D eigenvalue weighted by Gasteiger charge is 2.54. The Bertz CT molecular complexity index is 692. The molecule has 2 aliphatic heterocycles. The molecule has 34 heavy (non-hydrogen) atoms. The standard InChI is InChI=1S/C23H44N2O8S/c1-2-3-4-5-6-7-8-9-10-11-12-13-14-15-16-33-34(30,31)24-22-21(28)20(27)19(26)18-17-32-23(29)25(18)22/h18-22,24,26-28H,2-17H2,1H3/t18?,19-,20?,21?,22+/m1/s1. The molecule has 0 saturated carbocycles. The van der Waals surface area contributed by atoms with Gasteiger partial charge in [0.2, 0.25) is 0 Å². The smallest absolute Gasteiger partial charge is 0.411 e. The monoisotopic (exact) mass is 508 g/mol. The SMILES string of the molecule is CCCCCCCCCCCCCCCCOS(=O)(=O)N[C@@H]1C(O)C(O)[C@H](O)C2COC(=O)N21. The van der Waals surface area contributed by atoms with Gasteiger partial charge in [0.05, 0.1) is 12.6 Å². The number of hydrogen-bond acceptors (Lipinski definition) is 8. The van der Waals surface area contributed by atoms with Crippen molar-refractivity contribution in [1.82, 2.24) is 9.62 Å². The van der Waals surface area contributed by atoms with Crippen LogP contribution in [0.2, 0.25) is 0 Å². The first kappa shape index (κ1) is 29.3. The second-order valence-electron chi connectivity index (χ2n) is 9.46. The van der Waals surface area contributed by atoms with Crippen molar-refractivity contribution >= 4 is 16.4 Å². The molecule has 0 spiro atoms. The van der Waals surface area contributed by atoms with Gasteiger partial charge in [-0.15, -0.1) is 0 Å². The molecular formula is C23H44N2O8S. The summed E-state index contributed by atoms with van der Waals surface area (Å²) in [7, 11) is -4.29. The summed E-state index contributed by atoms with van der Waals surface area (Å²) in [4.78, 5) is 12.8. The Hall–Kier alpha value is -0.980. The van der Waals surface area contributed by atoms with Crippen LogP contribution in [0.5, 0.6) is 0 Å². The Morgan fingerprint density at radius 1 is 0.853 bits per heavy atom. The molecule has 1 amide bonds. The van der Waals surface area contributed by atoms with E-state index in [2.05, 4.69) is 11.6 Å². The van der Waals surface area contributed by atoms with Crippen molar-refractivity contribution in [2.45, 2.75) is 127 Å². The van der Waals surface area contributed by atoms with Gasteiger partial charge in [-0.2, -0.15) is 13.1 Å². The average molecular weight is 509 g/mol. The molecular weight excluding hydrogens is 464 g/mol. The topological polar surface area (TPSA) is 146 Å². The van der Waals surface area contributed by atoms with E-state index < -0.39 is 46.9 Å². The highest BCUT2D eigenvalue weighted by molar-refractivity contribution is 7.84. The number of hydrogen-bond donors (Lipinski definition) is 4. The fourth-order valence-electron chi connectivity index (χ4n) is 4.58. The molecule has 2 heterocycles. The first-order valence-corrected chi connectivity index (χ1v) is 14.3. The molecule has 5 atom stereocenters. The Labute approximate surface area is 204 Å². The summed E-state index contributed by atoms with van der Waals surface area (Å²) < 4.78 is 36.5. The molecule has 200 valence electrons. The first-order valence-electron chi connectivity index (χ1n) is 12.9. The van der Waals surface area contributed by atoms with Crippen molar-refractivity contribution in [3.8, 4) is 0 Å². The van der Waals surface area contributed by atoms with Crippen molar-refractivity contribution in [2.24, 2.45) is 0 Å². The van der Waals surface area contributed by atoms with Crippen LogP contribution >= 0.6 is 0 Å². The van der Waals surface area contributed by atoms with Crippen LogP contribution in [0.25, 0.3) is 0 Å². The molecule has 0 radical (unpaired) electrons. The molecule has 2 aliphatic rings. The van der Waals surface area contributed by atoms with E-state index >= 15 is 0 Å². The van der Waals surface area contributed by atoms with Crippen LogP contribution in [0.4, 0.5) is 4.79 Å². The van der Waals surface area contributed by atoms with E-state index in [-0.39, 0.29) is 13.2 Å². The quantitative estimate of drug-likeness (QED) is 0.207. The number of rotatable bonds is 18. The molecule has 2 fully saturated rings. The number of nitrogens with zero attached hydrogens (tertiary/aromatic N) is 1. The molecule has 4 N–H and O–H groups in total. The van der Waals surface area contributed by atoms with Crippen LogP contribution in [0, 0.1) is 0 Å². The predicted molar refractivity (Wildman–Crippen MR) is 127 cm³/mol. The van der Waals surface area contributed by atoms with Gasteiger partial charge in [-0.3, -0.25) is 9.08 Å². The van der Waals surface area contributed by atoms with Crippen LogP contribution in [0.15, 0.2) is 0 Å². The third-order valence-electron chi connectivity index (χ3n) is 6.66. The predicted octanol–water partition coefficient (Wildman–Crippen LogP) is 2.56. The van der Waals surface area contributed by atoms with Crippen LogP contribution < -0.4 is 4.72 Å². The number of aliphatic hydroxyl groups excluding tert-OH is 3. The number of carbonyl (C=O) groups is 1. The van der Waals surface area contributed by atoms with Gasteiger partial charge in [0.15, 0.2) is 0 Å². The maximum Gasteiger partial charge on any atom is 0.411 e. The summed E-state index contributed by atoms with van der Waals surface area (Å²) >= 11 is 0. The van der Waals surface area contributed by atoms with Gasteiger partial charge in [-0.05, 0) is 6.42 Å². The number of ether oxygens (including phenoxy) is 1. The summed E-state index contributed by atoms with van der Waals surface area (Å²) in [5.41, 5.74) is 0. The zero-order chi connectivity index (χ0) is 25.0. The zero-order valence-electron chi connectivity index (χ0n) is 20.4. The van der Waals surface area contributed by atoms with Gasteiger partial charge in [-0.1, -0.05) is 90.4 Å². The second kappa shape index (κ2) is 15.2. The van der Waals surface area contributed by atoms with Gasteiger partial charge in [0.1, 0.15) is 31.1 Å². The lowest BCUT2D eigenvalue weighted by Crippen LogP contribution is -2.70. The lowest BCUT2D eigenvalue weighted by atomic mass is 9.93. The molecule has 10 nitrogen and oxygen atoms in total. The van der Waals surface area contributed by atoms with Crippen LogP contribution in [0.3, 0.4) is 0 Å². The van der Waals surface area contributed by atoms with Crippen LogP contribution in [-0.4, -0.2) is 78.5 Å². The number of cyclic esters (lactones) is 1. The fourth-order valence-corrected chi connectivity index (χ4v) is 5.54. The number of fused-ring (bicyclic) bond motifs is 1. The van der Waals surface area contributed by atoms with Gasteiger partial charge in [0, 0.05) is 0 Å². The van der Waals surface area contributed by atoms with Crippen molar-refractivity contribution in [3.05, 3.63) is 0 Å². The highest BCUT2D eigenvalue weighted by atomic mass is 32.2. The highest BCUT2D eigenvalue weighted by Crippen LogP contribution is 2.29. The minimum absolute atomic E-state index is 0.0186. The molecule has 0 aliphatic carbocycles. The minimum Gasteiger partial charge on any atom is -0.447 e. The molecule has 0 aromatic heterocycles. The van der Waals surface area contributed by atoms with Gasteiger partial charge < -0.3 is 20.1 Å². The number of piperidine rings is 1. The van der Waals surface area contributed by atoms with Crippen LogP contribution in [0.1, 0.15) is 96.8 Å². The van der Waals surface area contributed by atoms with Crippen molar-refractivity contribution in [2.75, 3.05) is 13.2 Å². The van der Waals surface area contributed by atoms with E-state index in [1.807, 2.05) is 0 Å². The Morgan fingerprint density at radius 3 is 1.88 bits per heavy atom. The summed E-state index contributed by atoms with van der Waals surface area (Å²) in [6.45, 7) is 2.01. The largest absolute Gasteiger partial charge is 0.447 e. The molecule has 0 aromatic rings. The van der Waals surface area contributed by atoms with E-state index in [1.165, 1.54) is 64.2 Å². The van der Waals surface area contributed by atoms with Gasteiger partial charge in [-0.25, -0.2) is 4.79 Å². The molecule has 2 rings (SSSR count). The molecule has 2 saturated heterocycles. The third kappa shape index (κ3) is 9.23. The number of aliphatic hydroxyl groups is 3. The summed E-state index contributed by atoms with van der Waals surface area (Å²) in [6, 6.07) is -0.954. The van der Waals surface area contributed by atoms with E-state index in [9.17, 15) is 28.5 Å². The van der Waals surface area contributed by atoms with Gasteiger partial charge >= 0.3 is 16.4 Å². The summed E-state index contributed by atoms with van der Waals surface area (Å²) in [5.74, 6) is 0. The molecule has 0 bridgehead atoms. The second-order valence-corrected chi connectivity index (χ2v) is 10.8. The van der Waals surface area contributed by atoms with E-state index in [0.29, 0.717) is 6.42 Å². The van der Waals surface area contributed by atoms with Crippen LogP contribution in [-0.2, 0) is 19.2 Å². The molecule has 0 aromatic carbocycles. The summed E-state index contributed by atoms with van der Waals surface area (Å²) in [5, 5.41) is 30.2. The van der Waals surface area contributed by atoms with Gasteiger partial charge in [0.25, 0.3) is 0 Å². The number of unbranched alkanes of at least 4 members (excludes halogenated alkanes) is 13. The fraction of sp³-hybridized carbons (Fsp3) is 0.957. The van der Waals surface area contributed by atoms with E-state index in [4.69, 9.17) is 8.92 Å². The first-order chi connectivity index (χ1) is 16.3. The van der Waals surface area contributed by atoms with Crippen molar-refractivity contribution in [1.29, 1.82) is 0 Å². The summed E-state index contributed by atoms with van der Waals surface area (Å²) in [6.07, 6.45) is 9.46. The third-order valence-corrected chi connectivity index (χ3v) is 7.67. The maximum absolute atomic E-state index is 12.3. The van der Waals surface area contributed by atoms with Crippen molar-refractivity contribution in [3.63, 3.8) is 0 Å². The molecule has 3 unspecified atom stereocenters. The average Bonchev–Trinajstić information content (AvgIpc) is 3.19. The number of nitrogens with one attached hydrogen (secondary N) is 1. The van der Waals surface area contributed by atoms with E-state index in [0.717, 1.165) is 24.2 Å². The lowest BCUT2D eigenvalue weighted by Gasteiger charge is -2.43. The maximum atomic E-state index is 12.3. The molecule has 11 heteroatoms. The Morgan fingerprint density at radius 2 is 1.35 bits per heavy atom. The Kier molecular flexibility index (Phi) is 13.1. The number of carbonyl (C=O) groups excluding carboxylic acids is 1. The lowest BCUT2D eigenvalue weighted by molar-refractivity contribution is -0.144. The van der Waals surface area contributed by atoms with Crippen molar-refractivity contribution < 1.29 is 37.5 Å². The number of amides is 1. The Balaban J connectivity index is 1.54. The van der Waals surface area contributed by atoms with E-state index in [1.54, 1.807) is 0 Å².